The maximum Gasteiger partial charge on any atom is 0.227 e. The van der Waals surface area contributed by atoms with Crippen LogP contribution in [0.1, 0.15) is 18.4 Å². The molecular formula is C23H28N2O2. The fourth-order valence-corrected chi connectivity index (χ4v) is 5.77. The number of amides is 1. The average molecular weight is 364 g/mol. The second kappa shape index (κ2) is 6.32. The van der Waals surface area contributed by atoms with Crippen LogP contribution in [0.3, 0.4) is 0 Å². The minimum atomic E-state index is -0.0697. The molecule has 0 radical (unpaired) electrons. The first kappa shape index (κ1) is 17.2. The first-order valence-electron chi connectivity index (χ1n) is 10.1. The minimum absolute atomic E-state index is 0.0697. The van der Waals surface area contributed by atoms with Crippen LogP contribution in [-0.2, 0) is 16.0 Å². The van der Waals surface area contributed by atoms with Gasteiger partial charge in [-0.1, -0.05) is 42.5 Å². The quantitative estimate of drug-likeness (QED) is 0.836. The Morgan fingerprint density at radius 1 is 1.22 bits per heavy atom. The lowest BCUT2D eigenvalue weighted by molar-refractivity contribution is -0.131. The lowest BCUT2D eigenvalue weighted by Crippen LogP contribution is -2.40. The van der Waals surface area contributed by atoms with Gasteiger partial charge in [-0.15, -0.1) is 0 Å². The molecule has 4 nitrogen and oxygen atoms in total. The molecule has 3 saturated heterocycles. The maximum atomic E-state index is 13.2. The topological polar surface area (TPSA) is 32.8 Å². The first-order chi connectivity index (χ1) is 13.1. The zero-order chi connectivity index (χ0) is 18.6. The third-order valence-electron chi connectivity index (χ3n) is 6.93. The summed E-state index contributed by atoms with van der Waals surface area (Å²) in [5.41, 5.74) is 1.06. The first-order valence-corrected chi connectivity index (χ1v) is 10.1. The van der Waals surface area contributed by atoms with Gasteiger partial charge in [0.05, 0.1) is 24.7 Å². The lowest BCUT2D eigenvalue weighted by atomic mass is 9.73. The van der Waals surface area contributed by atoms with E-state index in [1.165, 1.54) is 10.8 Å². The summed E-state index contributed by atoms with van der Waals surface area (Å²) in [6.07, 6.45) is 3.14. The molecule has 3 fully saturated rings. The van der Waals surface area contributed by atoms with Crippen LogP contribution in [0.4, 0.5) is 0 Å². The zero-order valence-corrected chi connectivity index (χ0v) is 16.2. The molecule has 0 saturated carbocycles. The number of carbonyl (C=O) groups is 1. The average Bonchev–Trinajstić information content (AvgIpc) is 3.31. The van der Waals surface area contributed by atoms with Crippen LogP contribution in [0.5, 0.6) is 0 Å². The van der Waals surface area contributed by atoms with Gasteiger partial charge in [-0.3, -0.25) is 4.79 Å². The second-order valence-electron chi connectivity index (χ2n) is 8.88. The van der Waals surface area contributed by atoms with Gasteiger partial charge in [-0.25, -0.2) is 0 Å². The molecule has 2 aromatic rings. The molecule has 27 heavy (non-hydrogen) atoms. The van der Waals surface area contributed by atoms with E-state index < -0.39 is 0 Å². The van der Waals surface area contributed by atoms with E-state index in [1.54, 1.807) is 0 Å². The van der Waals surface area contributed by atoms with Gasteiger partial charge < -0.3 is 14.5 Å². The molecule has 0 aromatic heterocycles. The summed E-state index contributed by atoms with van der Waals surface area (Å²) in [4.78, 5) is 17.5. The van der Waals surface area contributed by atoms with Crippen molar-refractivity contribution in [3.05, 3.63) is 48.0 Å². The van der Waals surface area contributed by atoms with E-state index in [-0.39, 0.29) is 11.5 Å². The smallest absolute Gasteiger partial charge is 0.227 e. The summed E-state index contributed by atoms with van der Waals surface area (Å²) in [5.74, 6) is 1.30. The van der Waals surface area contributed by atoms with Crippen molar-refractivity contribution in [2.24, 2.45) is 11.8 Å². The Labute approximate surface area is 161 Å². The molecule has 3 aliphatic heterocycles. The molecule has 1 amide bonds. The standard InChI is InChI=1S/C23H28N2O2/c1-24(2)13-19-20-14-25(15-23(20)11-10-21(19)27-23)22(26)12-17-8-5-7-16-6-3-4-9-18(16)17/h3-9,19-21H,10-15H2,1-2H3/t19-,20+,21+,23+/m0/s1. The van der Waals surface area contributed by atoms with Crippen molar-refractivity contribution in [1.29, 1.82) is 0 Å². The van der Waals surface area contributed by atoms with Crippen LogP contribution >= 0.6 is 0 Å². The molecule has 0 N–H and O–H groups in total. The Morgan fingerprint density at radius 3 is 2.89 bits per heavy atom. The van der Waals surface area contributed by atoms with Gasteiger partial charge in [0.25, 0.3) is 0 Å². The number of fused-ring (bicyclic) bond motifs is 2. The molecule has 1 spiro atoms. The number of ether oxygens (including phenoxy) is 1. The Morgan fingerprint density at radius 2 is 2.04 bits per heavy atom. The highest BCUT2D eigenvalue weighted by Gasteiger charge is 2.63. The monoisotopic (exact) mass is 364 g/mol. The highest BCUT2D eigenvalue weighted by Crippen LogP contribution is 2.55. The van der Waals surface area contributed by atoms with Crippen LogP contribution in [-0.4, -0.2) is 61.1 Å². The van der Waals surface area contributed by atoms with Crippen LogP contribution in [0, 0.1) is 11.8 Å². The third kappa shape index (κ3) is 2.77. The van der Waals surface area contributed by atoms with Gasteiger partial charge in [0.1, 0.15) is 0 Å². The Balaban J connectivity index is 1.35. The minimum Gasteiger partial charge on any atom is -0.369 e. The van der Waals surface area contributed by atoms with Crippen molar-refractivity contribution < 1.29 is 9.53 Å². The highest BCUT2D eigenvalue weighted by molar-refractivity contribution is 5.90. The number of nitrogens with zero attached hydrogens (tertiary/aromatic N) is 2. The molecule has 3 aliphatic rings. The zero-order valence-electron chi connectivity index (χ0n) is 16.2. The van der Waals surface area contributed by atoms with Crippen molar-refractivity contribution in [2.45, 2.75) is 31.0 Å². The molecular weight excluding hydrogens is 336 g/mol. The number of carbonyl (C=O) groups excluding carboxylic acids is 1. The van der Waals surface area contributed by atoms with Gasteiger partial charge in [0, 0.05) is 24.9 Å². The molecule has 3 heterocycles. The lowest BCUT2D eigenvalue weighted by Gasteiger charge is -2.30. The second-order valence-corrected chi connectivity index (χ2v) is 8.88. The van der Waals surface area contributed by atoms with Crippen molar-refractivity contribution >= 4 is 16.7 Å². The fourth-order valence-electron chi connectivity index (χ4n) is 5.77. The summed E-state index contributed by atoms with van der Waals surface area (Å²) in [5, 5.41) is 2.39. The summed E-state index contributed by atoms with van der Waals surface area (Å²) in [6, 6.07) is 14.6. The Bertz CT molecular complexity index is 874. The number of rotatable bonds is 4. The molecule has 2 bridgehead atoms. The number of benzene rings is 2. The maximum absolute atomic E-state index is 13.2. The van der Waals surface area contributed by atoms with Crippen molar-refractivity contribution in [2.75, 3.05) is 33.7 Å². The van der Waals surface area contributed by atoms with Gasteiger partial charge in [-0.2, -0.15) is 0 Å². The van der Waals surface area contributed by atoms with Gasteiger partial charge in [-0.05, 0) is 43.3 Å². The summed E-state index contributed by atoms with van der Waals surface area (Å²) < 4.78 is 6.48. The van der Waals surface area contributed by atoms with Crippen LogP contribution < -0.4 is 0 Å². The Hall–Kier alpha value is -1.91. The molecule has 2 aromatic carbocycles. The van der Waals surface area contributed by atoms with Crippen LogP contribution in [0.15, 0.2) is 42.5 Å². The number of hydrogen-bond acceptors (Lipinski definition) is 3. The van der Waals surface area contributed by atoms with E-state index in [0.717, 1.165) is 38.0 Å². The van der Waals surface area contributed by atoms with E-state index >= 15 is 0 Å². The van der Waals surface area contributed by atoms with Crippen molar-refractivity contribution in [3.63, 3.8) is 0 Å². The predicted octanol–water partition coefficient (Wildman–Crippen LogP) is 2.95. The Kier molecular flexibility index (Phi) is 4.03. The summed E-state index contributed by atoms with van der Waals surface area (Å²) >= 11 is 0. The largest absolute Gasteiger partial charge is 0.369 e. The van der Waals surface area contributed by atoms with Crippen LogP contribution in [0.2, 0.25) is 0 Å². The molecule has 142 valence electrons. The predicted molar refractivity (Wildman–Crippen MR) is 107 cm³/mol. The van der Waals surface area contributed by atoms with Gasteiger partial charge in [0.15, 0.2) is 0 Å². The number of hydrogen-bond donors (Lipinski definition) is 0. The third-order valence-corrected chi connectivity index (χ3v) is 6.93. The van der Waals surface area contributed by atoms with Gasteiger partial charge >= 0.3 is 0 Å². The van der Waals surface area contributed by atoms with Crippen LogP contribution in [0.25, 0.3) is 10.8 Å². The number of likely N-dealkylation sites (tertiary alicyclic amines) is 1. The highest BCUT2D eigenvalue weighted by atomic mass is 16.5. The SMILES string of the molecule is CN(C)C[C@H]1[C@H]2CN(C(=O)Cc3cccc4ccccc34)C[C@]23CC[C@H]1O3. The van der Waals surface area contributed by atoms with Crippen molar-refractivity contribution in [3.8, 4) is 0 Å². The molecule has 4 atom stereocenters. The molecule has 0 aliphatic carbocycles. The fraction of sp³-hybridized carbons (Fsp3) is 0.522. The van der Waals surface area contributed by atoms with E-state index in [0.29, 0.717) is 24.4 Å². The molecule has 0 unspecified atom stereocenters. The summed E-state index contributed by atoms with van der Waals surface area (Å²) in [7, 11) is 4.27. The van der Waals surface area contributed by atoms with Gasteiger partial charge in [0.2, 0.25) is 5.91 Å². The van der Waals surface area contributed by atoms with Crippen molar-refractivity contribution in [1.82, 2.24) is 9.80 Å². The van der Waals surface area contributed by atoms with E-state index in [1.807, 2.05) is 12.1 Å². The van der Waals surface area contributed by atoms with E-state index in [9.17, 15) is 4.79 Å². The molecule has 4 heteroatoms. The molecule has 5 rings (SSSR count). The van der Waals surface area contributed by atoms with E-state index in [4.69, 9.17) is 4.74 Å². The normalized spacial score (nSPS) is 31.8. The van der Waals surface area contributed by atoms with E-state index in [2.05, 4.69) is 54.2 Å². The summed E-state index contributed by atoms with van der Waals surface area (Å²) in [6.45, 7) is 2.70.